The molecule has 2 aromatic carbocycles. The molecule has 0 radical (unpaired) electrons. The zero-order chi connectivity index (χ0) is 22.0. The number of pyridine rings is 1. The van der Waals surface area contributed by atoms with Crippen LogP contribution in [0.1, 0.15) is 28.8 Å². The van der Waals surface area contributed by atoms with Crippen molar-refractivity contribution in [2.45, 2.75) is 19.4 Å². The lowest BCUT2D eigenvalue weighted by Crippen LogP contribution is -2.28. The van der Waals surface area contributed by atoms with Gasteiger partial charge in [0.1, 0.15) is 0 Å². The third-order valence-corrected chi connectivity index (χ3v) is 5.35. The highest BCUT2D eigenvalue weighted by Gasteiger charge is 2.30. The molecule has 8 heteroatoms. The van der Waals surface area contributed by atoms with Gasteiger partial charge in [0.2, 0.25) is 11.8 Å². The standard InChI is InChI=1S/C23H18ClN3O4/c24-19-4-2-1-3-16(19)13-26-14-17(7-10-20(26)28)25-23(31)15-5-8-18(9-6-15)27-21(29)11-12-22(27)30/h1-10,14H,11-13H2,(H,25,31). The van der Waals surface area contributed by atoms with E-state index in [1.165, 1.54) is 16.7 Å². The van der Waals surface area contributed by atoms with Gasteiger partial charge in [0.25, 0.3) is 11.5 Å². The summed E-state index contributed by atoms with van der Waals surface area (Å²) in [6, 6.07) is 16.4. The third kappa shape index (κ3) is 4.41. The Morgan fingerprint density at radius 2 is 1.58 bits per heavy atom. The maximum absolute atomic E-state index is 12.6. The molecule has 156 valence electrons. The van der Waals surface area contributed by atoms with E-state index in [9.17, 15) is 19.2 Å². The Hall–Kier alpha value is -3.71. The summed E-state index contributed by atoms with van der Waals surface area (Å²) in [6.45, 7) is 0.273. The van der Waals surface area contributed by atoms with Gasteiger partial charge in [-0.2, -0.15) is 0 Å². The van der Waals surface area contributed by atoms with Crippen LogP contribution in [0.25, 0.3) is 0 Å². The molecule has 1 aliphatic heterocycles. The molecule has 1 N–H and O–H groups in total. The second-order valence-corrected chi connectivity index (χ2v) is 7.51. The Labute approximate surface area is 182 Å². The molecule has 4 rings (SSSR count). The lowest BCUT2D eigenvalue weighted by Gasteiger charge is -2.14. The van der Waals surface area contributed by atoms with Crippen molar-refractivity contribution in [2.24, 2.45) is 0 Å². The molecule has 1 fully saturated rings. The van der Waals surface area contributed by atoms with E-state index in [-0.39, 0.29) is 42.7 Å². The molecule has 7 nitrogen and oxygen atoms in total. The molecule has 1 aromatic heterocycles. The highest BCUT2D eigenvalue weighted by molar-refractivity contribution is 6.31. The largest absolute Gasteiger partial charge is 0.321 e. The minimum absolute atomic E-state index is 0.199. The predicted molar refractivity (Wildman–Crippen MR) is 117 cm³/mol. The highest BCUT2D eigenvalue weighted by Crippen LogP contribution is 2.23. The first-order valence-electron chi connectivity index (χ1n) is 9.63. The second kappa shape index (κ2) is 8.57. The van der Waals surface area contributed by atoms with Gasteiger partial charge in [-0.05, 0) is 42.0 Å². The van der Waals surface area contributed by atoms with E-state index in [2.05, 4.69) is 5.32 Å². The number of hydrogen-bond donors (Lipinski definition) is 1. The number of imide groups is 1. The van der Waals surface area contributed by atoms with Crippen molar-refractivity contribution in [3.63, 3.8) is 0 Å². The average Bonchev–Trinajstić information content (AvgIpc) is 3.10. The van der Waals surface area contributed by atoms with Gasteiger partial charge in [0, 0.05) is 35.7 Å². The number of carbonyl (C=O) groups excluding carboxylic acids is 3. The molecule has 0 bridgehead atoms. The molecule has 0 spiro atoms. The molecule has 31 heavy (non-hydrogen) atoms. The molecule has 1 aliphatic rings. The number of halogens is 1. The van der Waals surface area contributed by atoms with Crippen LogP contribution in [0.3, 0.4) is 0 Å². The Bertz CT molecular complexity index is 1220. The summed E-state index contributed by atoms with van der Waals surface area (Å²) >= 11 is 6.18. The maximum atomic E-state index is 12.6. The highest BCUT2D eigenvalue weighted by atomic mass is 35.5. The van der Waals surface area contributed by atoms with Crippen molar-refractivity contribution in [3.05, 3.63) is 93.4 Å². The fraction of sp³-hybridized carbons (Fsp3) is 0.130. The number of anilines is 2. The minimum atomic E-state index is -0.381. The van der Waals surface area contributed by atoms with E-state index < -0.39 is 0 Å². The van der Waals surface area contributed by atoms with E-state index in [0.29, 0.717) is 22.0 Å². The van der Waals surface area contributed by atoms with Crippen molar-refractivity contribution in [3.8, 4) is 0 Å². The number of nitrogens with one attached hydrogen (secondary N) is 1. The summed E-state index contributed by atoms with van der Waals surface area (Å²) < 4.78 is 1.46. The van der Waals surface area contributed by atoms with E-state index in [4.69, 9.17) is 11.6 Å². The number of rotatable bonds is 5. The molecule has 0 saturated carbocycles. The number of benzene rings is 2. The van der Waals surface area contributed by atoms with Crippen LogP contribution >= 0.6 is 11.6 Å². The van der Waals surface area contributed by atoms with Crippen LogP contribution in [0, 0.1) is 0 Å². The summed E-state index contributed by atoms with van der Waals surface area (Å²) in [5, 5.41) is 3.31. The quantitative estimate of drug-likeness (QED) is 0.621. The van der Waals surface area contributed by atoms with Gasteiger partial charge in [-0.15, -0.1) is 0 Å². The van der Waals surface area contributed by atoms with Crippen molar-refractivity contribution in [2.75, 3.05) is 10.2 Å². The normalized spacial score (nSPS) is 13.5. The number of hydrogen-bond acceptors (Lipinski definition) is 4. The van der Waals surface area contributed by atoms with E-state index in [0.717, 1.165) is 10.5 Å². The molecule has 0 atom stereocenters. The first-order chi connectivity index (χ1) is 14.9. The smallest absolute Gasteiger partial charge is 0.255 e. The summed E-state index contributed by atoms with van der Waals surface area (Å²) in [7, 11) is 0. The third-order valence-electron chi connectivity index (χ3n) is 4.98. The second-order valence-electron chi connectivity index (χ2n) is 7.10. The molecule has 3 amide bonds. The maximum Gasteiger partial charge on any atom is 0.255 e. The van der Waals surface area contributed by atoms with Crippen LogP contribution in [0.4, 0.5) is 11.4 Å². The SMILES string of the molecule is O=C(Nc1ccc(=O)n(Cc2ccccc2Cl)c1)c1ccc(N2C(=O)CCC2=O)cc1. The molecular formula is C23H18ClN3O4. The van der Waals surface area contributed by atoms with Crippen LogP contribution in [-0.2, 0) is 16.1 Å². The van der Waals surface area contributed by atoms with Gasteiger partial charge in [-0.1, -0.05) is 29.8 Å². The van der Waals surface area contributed by atoms with Gasteiger partial charge in [0.15, 0.2) is 0 Å². The zero-order valence-electron chi connectivity index (χ0n) is 16.4. The number of carbonyl (C=O) groups is 3. The first kappa shape index (κ1) is 20.6. The molecule has 2 heterocycles. The van der Waals surface area contributed by atoms with Crippen molar-refractivity contribution < 1.29 is 14.4 Å². The molecule has 1 saturated heterocycles. The minimum Gasteiger partial charge on any atom is -0.321 e. The fourth-order valence-electron chi connectivity index (χ4n) is 3.37. The molecule has 3 aromatic rings. The molecule has 0 unspecified atom stereocenters. The Kier molecular flexibility index (Phi) is 5.68. The van der Waals surface area contributed by atoms with Crippen LogP contribution < -0.4 is 15.8 Å². The van der Waals surface area contributed by atoms with Gasteiger partial charge >= 0.3 is 0 Å². The summed E-state index contributed by atoms with van der Waals surface area (Å²) in [5.74, 6) is -0.875. The Balaban J connectivity index is 1.50. The van der Waals surface area contributed by atoms with Crippen molar-refractivity contribution in [1.82, 2.24) is 4.57 Å². The van der Waals surface area contributed by atoms with E-state index >= 15 is 0 Å². The number of nitrogens with zero attached hydrogens (tertiary/aromatic N) is 2. The van der Waals surface area contributed by atoms with Crippen LogP contribution in [0.15, 0.2) is 71.7 Å². The monoisotopic (exact) mass is 435 g/mol. The van der Waals surface area contributed by atoms with Gasteiger partial charge < -0.3 is 9.88 Å². The fourth-order valence-corrected chi connectivity index (χ4v) is 3.56. The van der Waals surface area contributed by atoms with E-state index in [1.54, 1.807) is 36.5 Å². The zero-order valence-corrected chi connectivity index (χ0v) is 17.1. The summed E-state index contributed by atoms with van der Waals surface area (Å²) in [4.78, 5) is 49.6. The lowest BCUT2D eigenvalue weighted by atomic mass is 10.1. The van der Waals surface area contributed by atoms with Crippen molar-refractivity contribution >= 4 is 40.7 Å². The number of amides is 3. The predicted octanol–water partition coefficient (Wildman–Crippen LogP) is 3.46. The topological polar surface area (TPSA) is 88.5 Å². The summed E-state index contributed by atoms with van der Waals surface area (Å²) in [5.41, 5.74) is 1.81. The summed E-state index contributed by atoms with van der Waals surface area (Å²) in [6.07, 6.45) is 1.95. The Morgan fingerprint density at radius 1 is 0.903 bits per heavy atom. The van der Waals surface area contributed by atoms with Gasteiger partial charge in [0.05, 0.1) is 17.9 Å². The average molecular weight is 436 g/mol. The lowest BCUT2D eigenvalue weighted by molar-refractivity contribution is -0.121. The van der Waals surface area contributed by atoms with Crippen molar-refractivity contribution in [1.29, 1.82) is 0 Å². The molecule has 0 aliphatic carbocycles. The van der Waals surface area contributed by atoms with E-state index in [1.807, 2.05) is 18.2 Å². The molecular weight excluding hydrogens is 418 g/mol. The van der Waals surface area contributed by atoms with Gasteiger partial charge in [-0.3, -0.25) is 24.1 Å². The number of aromatic nitrogens is 1. The first-order valence-corrected chi connectivity index (χ1v) is 10.0. The van der Waals surface area contributed by atoms with Crippen LogP contribution in [0.2, 0.25) is 5.02 Å². The van der Waals surface area contributed by atoms with Crippen LogP contribution in [0.5, 0.6) is 0 Å². The van der Waals surface area contributed by atoms with Gasteiger partial charge in [-0.25, -0.2) is 0 Å². The Morgan fingerprint density at radius 3 is 2.26 bits per heavy atom. The van der Waals surface area contributed by atoms with Crippen LogP contribution in [-0.4, -0.2) is 22.3 Å².